The van der Waals surface area contributed by atoms with E-state index >= 15 is 0 Å². The first kappa shape index (κ1) is 15.1. The Balaban J connectivity index is 2.04. The van der Waals surface area contributed by atoms with Gasteiger partial charge < -0.3 is 5.32 Å². The number of rotatable bonds is 3. The van der Waals surface area contributed by atoms with E-state index in [0.717, 1.165) is 0 Å². The number of aromatic nitrogens is 2. The molecule has 110 valence electrons. The number of pyridine rings is 2. The van der Waals surface area contributed by atoms with Crippen molar-refractivity contribution in [3.8, 4) is 0 Å². The summed E-state index contributed by atoms with van der Waals surface area (Å²) in [4.78, 5) is 18.9. The number of carbonyl (C=O) groups excluding carboxylic acids is 1. The Morgan fingerprint density at radius 3 is 2.23 bits per heavy atom. The highest BCUT2D eigenvalue weighted by Gasteiger charge is 2.05. The molecule has 2 aromatic heterocycles. The predicted octanol–water partition coefficient (Wildman–Crippen LogP) is 2.24. The summed E-state index contributed by atoms with van der Waals surface area (Å²) in [5.74, 6) is -0.525. The average molecular weight is 295 g/mol. The molecule has 2 aromatic rings. The first-order valence-electron chi connectivity index (χ1n) is 6.30. The van der Waals surface area contributed by atoms with Gasteiger partial charge in [-0.3, -0.25) is 25.6 Å². The lowest BCUT2D eigenvalue weighted by Gasteiger charge is -2.02. The predicted molar refractivity (Wildman–Crippen MR) is 81.3 cm³/mol. The molecule has 0 aliphatic heterocycles. The van der Waals surface area contributed by atoms with E-state index in [0.29, 0.717) is 11.4 Å². The fraction of sp³-hybridized carbons (Fsp3) is 0.0714. The van der Waals surface area contributed by atoms with Crippen LogP contribution < -0.4 is 5.32 Å². The van der Waals surface area contributed by atoms with Crippen LogP contribution in [0.3, 0.4) is 0 Å². The van der Waals surface area contributed by atoms with Crippen LogP contribution in [0.15, 0.2) is 53.0 Å². The SMILES string of the molecule is CC(=O)Nc1ccc(C(=N)N=NC(=N)c2ccccn2)nc1. The number of amides is 1. The summed E-state index contributed by atoms with van der Waals surface area (Å²) in [7, 11) is 0. The van der Waals surface area contributed by atoms with Gasteiger partial charge in [-0.2, -0.15) is 0 Å². The number of nitrogens with one attached hydrogen (secondary N) is 3. The number of anilines is 1. The third-order valence-corrected chi connectivity index (χ3v) is 2.48. The van der Waals surface area contributed by atoms with E-state index in [1.54, 1.807) is 30.5 Å². The first-order valence-corrected chi connectivity index (χ1v) is 6.30. The summed E-state index contributed by atoms with van der Waals surface area (Å²) in [6.45, 7) is 1.40. The summed E-state index contributed by atoms with van der Waals surface area (Å²) in [5, 5.41) is 25.4. The van der Waals surface area contributed by atoms with Crippen LogP contribution in [0.4, 0.5) is 5.69 Å². The van der Waals surface area contributed by atoms with Gasteiger partial charge in [0.15, 0.2) is 11.7 Å². The summed E-state index contributed by atoms with van der Waals surface area (Å²) < 4.78 is 0. The Morgan fingerprint density at radius 2 is 1.73 bits per heavy atom. The van der Waals surface area contributed by atoms with Crippen molar-refractivity contribution in [3.05, 3.63) is 54.1 Å². The van der Waals surface area contributed by atoms with Gasteiger partial charge in [0, 0.05) is 13.1 Å². The lowest BCUT2D eigenvalue weighted by Crippen LogP contribution is -2.07. The van der Waals surface area contributed by atoms with Gasteiger partial charge in [0.25, 0.3) is 0 Å². The molecule has 8 nitrogen and oxygen atoms in total. The quantitative estimate of drug-likeness (QED) is 0.456. The van der Waals surface area contributed by atoms with Gasteiger partial charge in [0.1, 0.15) is 11.4 Å². The zero-order chi connectivity index (χ0) is 15.9. The third-order valence-electron chi connectivity index (χ3n) is 2.48. The van der Waals surface area contributed by atoms with Crippen molar-refractivity contribution in [2.75, 3.05) is 5.32 Å². The first-order chi connectivity index (χ1) is 10.6. The maximum Gasteiger partial charge on any atom is 0.221 e. The maximum atomic E-state index is 10.9. The average Bonchev–Trinajstić information content (AvgIpc) is 2.53. The van der Waals surface area contributed by atoms with Gasteiger partial charge in [0.05, 0.1) is 11.9 Å². The molecular weight excluding hydrogens is 282 g/mol. The van der Waals surface area contributed by atoms with Crippen molar-refractivity contribution in [2.24, 2.45) is 10.2 Å². The van der Waals surface area contributed by atoms with Gasteiger partial charge in [-0.25, -0.2) is 0 Å². The van der Waals surface area contributed by atoms with E-state index in [1.165, 1.54) is 19.2 Å². The van der Waals surface area contributed by atoms with Gasteiger partial charge in [-0.05, 0) is 24.3 Å². The van der Waals surface area contributed by atoms with Crippen molar-refractivity contribution in [1.29, 1.82) is 10.8 Å². The molecule has 0 fully saturated rings. The molecule has 3 N–H and O–H groups in total. The number of amidine groups is 2. The molecule has 0 aliphatic rings. The summed E-state index contributed by atoms with van der Waals surface area (Å²) in [5.41, 5.74) is 1.18. The molecule has 2 heterocycles. The molecule has 0 unspecified atom stereocenters. The normalized spacial score (nSPS) is 10.4. The highest BCUT2D eigenvalue weighted by Crippen LogP contribution is 2.07. The Bertz CT molecular complexity index is 723. The van der Waals surface area contributed by atoms with Crippen LogP contribution in [-0.4, -0.2) is 27.5 Å². The number of nitrogens with zero attached hydrogens (tertiary/aromatic N) is 4. The number of hydrogen-bond acceptors (Lipinski definition) is 5. The van der Waals surface area contributed by atoms with Gasteiger partial charge in [-0.1, -0.05) is 6.07 Å². The fourth-order valence-electron chi connectivity index (χ4n) is 1.52. The summed E-state index contributed by atoms with van der Waals surface area (Å²) >= 11 is 0. The van der Waals surface area contributed by atoms with Crippen LogP contribution >= 0.6 is 0 Å². The van der Waals surface area contributed by atoms with E-state index < -0.39 is 0 Å². The molecule has 0 aliphatic carbocycles. The number of hydrogen-bond donors (Lipinski definition) is 3. The lowest BCUT2D eigenvalue weighted by atomic mass is 10.3. The van der Waals surface area contributed by atoms with Crippen molar-refractivity contribution in [2.45, 2.75) is 6.92 Å². The second kappa shape index (κ2) is 6.93. The van der Waals surface area contributed by atoms with Crippen LogP contribution in [0, 0.1) is 10.8 Å². The molecule has 1 amide bonds. The van der Waals surface area contributed by atoms with Crippen LogP contribution in [0.2, 0.25) is 0 Å². The van der Waals surface area contributed by atoms with E-state index in [-0.39, 0.29) is 23.3 Å². The van der Waals surface area contributed by atoms with Gasteiger partial charge in [0.2, 0.25) is 5.91 Å². The van der Waals surface area contributed by atoms with Gasteiger partial charge in [-0.15, -0.1) is 10.2 Å². The Morgan fingerprint density at radius 1 is 1.05 bits per heavy atom. The monoisotopic (exact) mass is 295 g/mol. The highest BCUT2D eigenvalue weighted by atomic mass is 16.1. The van der Waals surface area contributed by atoms with Crippen molar-refractivity contribution < 1.29 is 4.79 Å². The minimum absolute atomic E-state index is 0.139. The smallest absolute Gasteiger partial charge is 0.221 e. The summed E-state index contributed by atoms with van der Waals surface area (Å²) in [6.07, 6.45) is 2.97. The van der Waals surface area contributed by atoms with Crippen LogP contribution in [0.5, 0.6) is 0 Å². The van der Waals surface area contributed by atoms with Crippen LogP contribution in [-0.2, 0) is 4.79 Å². The lowest BCUT2D eigenvalue weighted by molar-refractivity contribution is -0.114. The van der Waals surface area contributed by atoms with Crippen molar-refractivity contribution in [1.82, 2.24) is 9.97 Å². The minimum Gasteiger partial charge on any atom is -0.325 e. The number of carbonyl (C=O) groups is 1. The second-order valence-corrected chi connectivity index (χ2v) is 4.23. The van der Waals surface area contributed by atoms with Crippen molar-refractivity contribution >= 4 is 23.3 Å². The third kappa shape index (κ3) is 4.10. The van der Waals surface area contributed by atoms with E-state index in [4.69, 9.17) is 10.8 Å². The van der Waals surface area contributed by atoms with Crippen molar-refractivity contribution in [3.63, 3.8) is 0 Å². The molecule has 8 heteroatoms. The molecule has 0 saturated heterocycles. The largest absolute Gasteiger partial charge is 0.325 e. The zero-order valence-corrected chi connectivity index (χ0v) is 11.7. The fourth-order valence-corrected chi connectivity index (χ4v) is 1.52. The van der Waals surface area contributed by atoms with Crippen LogP contribution in [0.25, 0.3) is 0 Å². The van der Waals surface area contributed by atoms with E-state index in [1.807, 2.05) is 0 Å². The second-order valence-electron chi connectivity index (χ2n) is 4.23. The van der Waals surface area contributed by atoms with E-state index in [2.05, 4.69) is 25.5 Å². The zero-order valence-electron chi connectivity index (χ0n) is 11.7. The Kier molecular flexibility index (Phi) is 4.76. The molecule has 2 rings (SSSR count). The molecule has 0 spiro atoms. The molecule has 0 atom stereocenters. The molecule has 22 heavy (non-hydrogen) atoms. The van der Waals surface area contributed by atoms with E-state index in [9.17, 15) is 4.79 Å². The molecule has 0 saturated carbocycles. The number of azo groups is 1. The maximum absolute atomic E-state index is 10.9. The van der Waals surface area contributed by atoms with Gasteiger partial charge >= 0.3 is 0 Å². The molecule has 0 aromatic carbocycles. The highest BCUT2D eigenvalue weighted by molar-refractivity contribution is 5.99. The Labute approximate surface area is 126 Å². The topological polar surface area (TPSA) is 127 Å². The standard InChI is InChI=1S/C14H13N7O/c1-9(22)19-10-5-6-12(18-8-10)14(16)21-20-13(15)11-4-2-3-7-17-11/h2-8,15-16H,1H3,(H,19,22). The van der Waals surface area contributed by atoms with Crippen LogP contribution in [0.1, 0.15) is 18.3 Å². The summed E-state index contributed by atoms with van der Waals surface area (Å²) in [6, 6.07) is 8.25. The molecule has 0 bridgehead atoms. The Hall–Kier alpha value is -3.29. The molecular formula is C14H13N7O. The minimum atomic E-state index is -0.201. The molecule has 0 radical (unpaired) electrons.